The fourth-order valence-corrected chi connectivity index (χ4v) is 5.47. The van der Waals surface area contributed by atoms with Crippen molar-refractivity contribution >= 4 is 79.0 Å². The molecule has 0 N–H and O–H groups in total. The van der Waals surface area contributed by atoms with Crippen molar-refractivity contribution in [1.82, 2.24) is 9.47 Å². The van der Waals surface area contributed by atoms with Crippen molar-refractivity contribution < 1.29 is 9.59 Å². The number of aromatic nitrogens is 1. The maximum absolute atomic E-state index is 13.1. The first-order chi connectivity index (χ1) is 16.4. The number of carbonyl (C=O) groups is 2. The maximum atomic E-state index is 13.1. The van der Waals surface area contributed by atoms with Gasteiger partial charge in [0.05, 0.1) is 11.4 Å². The largest absolute Gasteiger partial charge is 0.342 e. The molecule has 2 heterocycles. The lowest BCUT2D eigenvalue weighted by atomic mass is 10.1. The van der Waals surface area contributed by atoms with Gasteiger partial charge in [0.25, 0.3) is 11.1 Å². The molecule has 3 aromatic carbocycles. The quantitative estimate of drug-likeness (QED) is 0.228. The van der Waals surface area contributed by atoms with Crippen LogP contribution in [0.5, 0.6) is 0 Å². The van der Waals surface area contributed by atoms with Crippen molar-refractivity contribution in [3.05, 3.63) is 109 Å². The topological polar surface area (TPSA) is 42.3 Å². The van der Waals surface area contributed by atoms with Gasteiger partial charge in [-0.05, 0) is 59.3 Å². The Labute approximate surface area is 219 Å². The molecule has 0 aliphatic carbocycles. The van der Waals surface area contributed by atoms with Gasteiger partial charge in [-0.15, -0.1) is 0 Å². The van der Waals surface area contributed by atoms with Gasteiger partial charge < -0.3 is 4.57 Å². The van der Waals surface area contributed by atoms with E-state index in [1.165, 1.54) is 4.90 Å². The van der Waals surface area contributed by atoms with E-state index in [0.29, 0.717) is 21.5 Å². The summed E-state index contributed by atoms with van der Waals surface area (Å²) in [6, 6.07) is 21.0. The number of hydrogen-bond acceptors (Lipinski definition) is 3. The molecule has 1 aromatic heterocycles. The van der Waals surface area contributed by atoms with Crippen molar-refractivity contribution in [3.8, 4) is 0 Å². The van der Waals surface area contributed by atoms with E-state index >= 15 is 0 Å². The SMILES string of the molecule is O=C1SC(=Cc2cn(Cc3ccc(Cl)cc3Cl)c3ccccc23)C(=O)N1Cc1ccc(Br)cc1. The van der Waals surface area contributed by atoms with Crippen LogP contribution in [0.2, 0.25) is 10.0 Å². The first-order valence-electron chi connectivity index (χ1n) is 10.4. The van der Waals surface area contributed by atoms with Crippen molar-refractivity contribution in [1.29, 1.82) is 0 Å². The summed E-state index contributed by atoms with van der Waals surface area (Å²) in [7, 11) is 0. The summed E-state index contributed by atoms with van der Waals surface area (Å²) in [5.74, 6) is -0.282. The van der Waals surface area contributed by atoms with Crippen LogP contribution in [0.4, 0.5) is 4.79 Å². The predicted octanol–water partition coefficient (Wildman–Crippen LogP) is 8.00. The minimum Gasteiger partial charge on any atom is -0.342 e. The zero-order valence-electron chi connectivity index (χ0n) is 17.7. The second-order valence-corrected chi connectivity index (χ2v) is 10.6. The van der Waals surface area contributed by atoms with Gasteiger partial charge in [-0.1, -0.05) is 75.5 Å². The van der Waals surface area contributed by atoms with E-state index in [1.54, 1.807) is 12.1 Å². The lowest BCUT2D eigenvalue weighted by molar-refractivity contribution is -0.123. The van der Waals surface area contributed by atoms with Crippen LogP contribution in [-0.4, -0.2) is 20.6 Å². The molecule has 34 heavy (non-hydrogen) atoms. The number of para-hydroxylation sites is 1. The molecule has 1 aliphatic heterocycles. The van der Waals surface area contributed by atoms with Crippen LogP contribution in [-0.2, 0) is 17.9 Å². The Balaban J connectivity index is 1.46. The molecule has 0 saturated carbocycles. The predicted molar refractivity (Wildman–Crippen MR) is 143 cm³/mol. The Bertz CT molecular complexity index is 1460. The van der Waals surface area contributed by atoms with Crippen molar-refractivity contribution in [3.63, 3.8) is 0 Å². The zero-order valence-corrected chi connectivity index (χ0v) is 21.6. The molecule has 1 saturated heterocycles. The smallest absolute Gasteiger partial charge is 0.293 e. The lowest BCUT2D eigenvalue weighted by Crippen LogP contribution is -2.27. The molecule has 8 heteroatoms. The molecule has 0 atom stereocenters. The normalized spacial score (nSPS) is 15.1. The summed E-state index contributed by atoms with van der Waals surface area (Å²) >= 11 is 16.8. The average molecular weight is 572 g/mol. The van der Waals surface area contributed by atoms with E-state index in [9.17, 15) is 9.59 Å². The number of carbonyl (C=O) groups excluding carboxylic acids is 2. The van der Waals surface area contributed by atoms with E-state index in [0.717, 1.165) is 43.8 Å². The molecule has 2 amide bonds. The highest BCUT2D eigenvalue weighted by Gasteiger charge is 2.35. The molecular formula is C26H17BrCl2N2O2S. The third-order valence-electron chi connectivity index (χ3n) is 5.59. The number of hydrogen-bond donors (Lipinski definition) is 0. The second kappa shape index (κ2) is 9.62. The van der Waals surface area contributed by atoms with Crippen LogP contribution in [0.15, 0.2) is 82.3 Å². The molecule has 1 fully saturated rings. The summed E-state index contributed by atoms with van der Waals surface area (Å²) in [6.07, 6.45) is 3.78. The molecule has 170 valence electrons. The van der Waals surface area contributed by atoms with Gasteiger partial charge in [0.2, 0.25) is 0 Å². The number of halogens is 3. The van der Waals surface area contributed by atoms with Crippen LogP contribution >= 0.6 is 50.9 Å². The van der Waals surface area contributed by atoms with Gasteiger partial charge in [0.1, 0.15) is 0 Å². The summed E-state index contributed by atoms with van der Waals surface area (Å²) in [5.41, 5.74) is 3.71. The Morgan fingerprint density at radius 1 is 0.941 bits per heavy atom. The highest BCUT2D eigenvalue weighted by atomic mass is 79.9. The summed E-state index contributed by atoms with van der Waals surface area (Å²) < 4.78 is 3.03. The number of thioether (sulfide) groups is 1. The molecule has 0 unspecified atom stereocenters. The first-order valence-corrected chi connectivity index (χ1v) is 12.8. The molecule has 0 bridgehead atoms. The van der Waals surface area contributed by atoms with Crippen LogP contribution < -0.4 is 0 Å². The maximum Gasteiger partial charge on any atom is 0.293 e. The van der Waals surface area contributed by atoms with Crippen LogP contribution in [0.1, 0.15) is 16.7 Å². The summed E-state index contributed by atoms with van der Waals surface area (Å²) in [6.45, 7) is 0.793. The molecule has 5 rings (SSSR count). The zero-order chi connectivity index (χ0) is 23.8. The van der Waals surface area contributed by atoms with Gasteiger partial charge in [-0.2, -0.15) is 0 Å². The van der Waals surface area contributed by atoms with Crippen LogP contribution in [0.3, 0.4) is 0 Å². The number of imide groups is 1. The van der Waals surface area contributed by atoms with Crippen molar-refractivity contribution in [2.75, 3.05) is 0 Å². The Hall–Kier alpha value is -2.51. The van der Waals surface area contributed by atoms with Gasteiger partial charge in [0.15, 0.2) is 0 Å². The number of fused-ring (bicyclic) bond motifs is 1. The Kier molecular flexibility index (Phi) is 6.58. The molecule has 0 radical (unpaired) electrons. The fraction of sp³-hybridized carbons (Fsp3) is 0.0769. The Morgan fingerprint density at radius 2 is 1.71 bits per heavy atom. The number of amides is 2. The van der Waals surface area contributed by atoms with Gasteiger partial charge in [-0.25, -0.2) is 0 Å². The Morgan fingerprint density at radius 3 is 2.47 bits per heavy atom. The van der Waals surface area contributed by atoms with E-state index in [1.807, 2.05) is 66.9 Å². The monoisotopic (exact) mass is 570 g/mol. The van der Waals surface area contributed by atoms with Crippen molar-refractivity contribution in [2.24, 2.45) is 0 Å². The van der Waals surface area contributed by atoms with Crippen LogP contribution in [0.25, 0.3) is 17.0 Å². The second-order valence-electron chi connectivity index (χ2n) is 7.86. The molecule has 0 spiro atoms. The van der Waals surface area contributed by atoms with Crippen LogP contribution in [0, 0.1) is 0 Å². The highest BCUT2D eigenvalue weighted by molar-refractivity contribution is 9.10. The first kappa shape index (κ1) is 23.2. The molecule has 1 aliphatic rings. The van der Waals surface area contributed by atoms with Crippen molar-refractivity contribution in [2.45, 2.75) is 13.1 Å². The lowest BCUT2D eigenvalue weighted by Gasteiger charge is -2.12. The number of rotatable bonds is 5. The summed E-state index contributed by atoms with van der Waals surface area (Å²) in [4.78, 5) is 27.4. The molecular weight excluding hydrogens is 555 g/mol. The fourth-order valence-electron chi connectivity index (χ4n) is 3.90. The minimum absolute atomic E-state index is 0.242. The third-order valence-corrected chi connectivity index (χ3v) is 7.61. The van der Waals surface area contributed by atoms with Gasteiger partial charge >= 0.3 is 0 Å². The summed E-state index contributed by atoms with van der Waals surface area (Å²) in [5, 5.41) is 1.91. The molecule has 4 nitrogen and oxygen atoms in total. The number of nitrogens with zero attached hydrogens (tertiary/aromatic N) is 2. The van der Waals surface area contributed by atoms with Gasteiger partial charge in [-0.3, -0.25) is 14.5 Å². The minimum atomic E-state index is -0.282. The van der Waals surface area contributed by atoms with E-state index in [4.69, 9.17) is 23.2 Å². The van der Waals surface area contributed by atoms with E-state index in [-0.39, 0.29) is 17.7 Å². The van der Waals surface area contributed by atoms with Gasteiger partial charge in [0, 0.05) is 43.7 Å². The average Bonchev–Trinajstić information content (AvgIpc) is 3.29. The van der Waals surface area contributed by atoms with E-state index in [2.05, 4.69) is 20.5 Å². The number of benzene rings is 3. The highest BCUT2D eigenvalue weighted by Crippen LogP contribution is 2.35. The molecule has 4 aromatic rings. The van der Waals surface area contributed by atoms with E-state index < -0.39 is 0 Å². The third kappa shape index (κ3) is 4.68. The standard InChI is InChI=1S/C26H17BrCl2N2O2S/c27-19-8-5-16(6-9-19)13-31-25(32)24(34-26(31)33)11-18-15-30(23-4-2-1-3-21(18)23)14-17-7-10-20(28)12-22(17)29/h1-12,15H,13-14H2.